The van der Waals surface area contributed by atoms with E-state index in [1.165, 1.54) is 180 Å². The fourth-order valence-electron chi connectivity index (χ4n) is 7.82. The first-order valence-corrected chi connectivity index (χ1v) is 26.1. The highest BCUT2D eigenvalue weighted by Crippen LogP contribution is 2.16. The van der Waals surface area contributed by atoms with Gasteiger partial charge in [0.05, 0.1) is 31.3 Å². The monoisotopic (exact) mass is 840 g/mol. The van der Waals surface area contributed by atoms with Gasteiger partial charge in [-0.25, -0.2) is 0 Å². The second-order valence-corrected chi connectivity index (χ2v) is 17.7. The highest BCUT2D eigenvalue weighted by molar-refractivity contribution is 5.76. The molecule has 0 aliphatic carbocycles. The maximum atomic E-state index is 12.4. The lowest BCUT2D eigenvalue weighted by Crippen LogP contribution is -2.45. The lowest BCUT2D eigenvalue weighted by Gasteiger charge is -2.21. The Bertz CT molecular complexity index is 1020. The predicted octanol–water partition coefficient (Wildman–Crippen LogP) is 15.8. The lowest BCUT2D eigenvalue weighted by molar-refractivity contribution is -0.124. The molecule has 0 spiro atoms. The largest absolute Gasteiger partial charge is 0.394 e. The molecule has 0 bridgehead atoms. The van der Waals surface area contributed by atoms with Crippen LogP contribution in [0.3, 0.4) is 0 Å². The summed E-state index contributed by atoms with van der Waals surface area (Å²) >= 11 is 0. The Morgan fingerprint density at radius 1 is 0.450 bits per heavy atom. The number of nitrogens with one attached hydrogen (secondary N) is 1. The fourth-order valence-corrected chi connectivity index (χ4v) is 7.82. The van der Waals surface area contributed by atoms with Crippen molar-refractivity contribution < 1.29 is 20.1 Å². The van der Waals surface area contributed by atoms with Gasteiger partial charge in [-0.3, -0.25) is 4.79 Å². The van der Waals surface area contributed by atoms with Crippen molar-refractivity contribution in [2.75, 3.05) is 6.61 Å². The highest BCUT2D eigenvalue weighted by Gasteiger charge is 2.20. The third-order valence-electron chi connectivity index (χ3n) is 11.8. The summed E-state index contributed by atoms with van der Waals surface area (Å²) in [5.41, 5.74) is 0. The number of rotatable bonds is 47. The first-order valence-electron chi connectivity index (χ1n) is 26.1. The SMILES string of the molecule is CC/C=C/CC/C=C/CC/C=C/C(O)C(CO)NC(=O)CC(O)CCCCCCCCCCCCCCCCC/C=C\C/C=C\CCCCCCCCCCCCCCC. The minimum absolute atomic E-state index is 0.000607. The van der Waals surface area contributed by atoms with E-state index >= 15 is 0 Å². The summed E-state index contributed by atoms with van der Waals surface area (Å²) in [5, 5.41) is 33.1. The molecule has 3 atom stereocenters. The molecule has 1 amide bonds. The van der Waals surface area contributed by atoms with E-state index in [0.717, 1.165) is 51.4 Å². The van der Waals surface area contributed by atoms with E-state index in [1.54, 1.807) is 6.08 Å². The number of amides is 1. The van der Waals surface area contributed by atoms with E-state index in [4.69, 9.17) is 0 Å². The van der Waals surface area contributed by atoms with Crippen LogP contribution in [0.5, 0.6) is 0 Å². The summed E-state index contributed by atoms with van der Waals surface area (Å²) in [6, 6.07) is -0.767. The van der Waals surface area contributed by atoms with E-state index in [1.807, 2.05) is 6.08 Å². The molecule has 0 saturated heterocycles. The summed E-state index contributed by atoms with van der Waals surface area (Å²) < 4.78 is 0. The molecule has 0 rings (SSSR count). The van der Waals surface area contributed by atoms with Crippen LogP contribution in [-0.4, -0.2) is 46.1 Å². The number of carbonyl (C=O) groups is 1. The van der Waals surface area contributed by atoms with Crippen LogP contribution in [0.15, 0.2) is 60.8 Å². The zero-order valence-electron chi connectivity index (χ0n) is 39.8. The molecular weight excluding hydrogens is 739 g/mol. The number of unbranched alkanes of at least 4 members (excludes halogenated alkanes) is 30. The van der Waals surface area contributed by atoms with Crippen LogP contribution in [0.25, 0.3) is 0 Å². The molecule has 0 heterocycles. The Hall–Kier alpha value is -1.95. The van der Waals surface area contributed by atoms with Crippen molar-refractivity contribution >= 4 is 5.91 Å². The van der Waals surface area contributed by atoms with E-state index in [2.05, 4.69) is 67.8 Å². The predicted molar refractivity (Wildman–Crippen MR) is 264 cm³/mol. The van der Waals surface area contributed by atoms with Crippen LogP contribution in [0.2, 0.25) is 0 Å². The van der Waals surface area contributed by atoms with Crippen LogP contribution < -0.4 is 5.32 Å². The molecule has 4 N–H and O–H groups in total. The van der Waals surface area contributed by atoms with Gasteiger partial charge in [0.1, 0.15) is 0 Å². The molecule has 0 aliphatic rings. The topological polar surface area (TPSA) is 89.8 Å². The maximum absolute atomic E-state index is 12.4. The highest BCUT2D eigenvalue weighted by atomic mass is 16.3. The molecule has 350 valence electrons. The molecule has 0 fully saturated rings. The zero-order valence-corrected chi connectivity index (χ0v) is 39.8. The third kappa shape index (κ3) is 45.6. The van der Waals surface area contributed by atoms with E-state index in [9.17, 15) is 20.1 Å². The van der Waals surface area contributed by atoms with Gasteiger partial charge in [0.15, 0.2) is 0 Å². The van der Waals surface area contributed by atoms with Gasteiger partial charge in [0.2, 0.25) is 5.91 Å². The molecular formula is C55H101NO4. The Morgan fingerprint density at radius 2 is 0.817 bits per heavy atom. The quantitative estimate of drug-likeness (QED) is 0.0363. The molecule has 0 aliphatic heterocycles. The van der Waals surface area contributed by atoms with Gasteiger partial charge in [-0.2, -0.15) is 0 Å². The van der Waals surface area contributed by atoms with Gasteiger partial charge < -0.3 is 20.6 Å². The number of carbonyl (C=O) groups excluding carboxylic acids is 1. The molecule has 5 heteroatoms. The Balaban J connectivity index is 3.50. The average molecular weight is 840 g/mol. The minimum atomic E-state index is -0.959. The van der Waals surface area contributed by atoms with Gasteiger partial charge in [0.25, 0.3) is 0 Å². The number of aliphatic hydroxyl groups excluding tert-OH is 3. The molecule has 0 saturated carbocycles. The Morgan fingerprint density at radius 3 is 1.23 bits per heavy atom. The Labute approximate surface area is 373 Å². The fraction of sp³-hybridized carbons (Fsp3) is 0.800. The van der Waals surface area contributed by atoms with Crippen molar-refractivity contribution in [3.63, 3.8) is 0 Å². The van der Waals surface area contributed by atoms with Crippen LogP contribution in [0.4, 0.5) is 0 Å². The van der Waals surface area contributed by atoms with Crippen molar-refractivity contribution in [2.45, 2.75) is 276 Å². The van der Waals surface area contributed by atoms with E-state index in [0.29, 0.717) is 6.42 Å². The molecule has 0 aromatic carbocycles. The third-order valence-corrected chi connectivity index (χ3v) is 11.8. The molecule has 0 aromatic rings. The first kappa shape index (κ1) is 58.0. The van der Waals surface area contributed by atoms with Crippen molar-refractivity contribution in [1.82, 2.24) is 5.32 Å². The van der Waals surface area contributed by atoms with Crippen LogP contribution in [0, 0.1) is 0 Å². The van der Waals surface area contributed by atoms with Crippen LogP contribution in [-0.2, 0) is 4.79 Å². The van der Waals surface area contributed by atoms with Crippen molar-refractivity contribution in [1.29, 1.82) is 0 Å². The smallest absolute Gasteiger partial charge is 0.222 e. The number of hydrogen-bond donors (Lipinski definition) is 4. The van der Waals surface area contributed by atoms with Gasteiger partial charge >= 0.3 is 0 Å². The van der Waals surface area contributed by atoms with Crippen LogP contribution >= 0.6 is 0 Å². The zero-order chi connectivity index (χ0) is 43.7. The molecule has 3 unspecified atom stereocenters. The van der Waals surface area contributed by atoms with Gasteiger partial charge in [-0.15, -0.1) is 0 Å². The first-order chi connectivity index (χ1) is 29.5. The Kier molecular flexibility index (Phi) is 48.1. The van der Waals surface area contributed by atoms with Crippen LogP contribution in [0.1, 0.15) is 258 Å². The van der Waals surface area contributed by atoms with Crippen molar-refractivity contribution in [2.24, 2.45) is 0 Å². The van der Waals surface area contributed by atoms with Gasteiger partial charge in [-0.1, -0.05) is 242 Å². The maximum Gasteiger partial charge on any atom is 0.222 e. The second kappa shape index (κ2) is 49.7. The molecule has 0 radical (unpaired) electrons. The van der Waals surface area contributed by atoms with Crippen molar-refractivity contribution in [3.05, 3.63) is 60.8 Å². The molecule has 5 nitrogen and oxygen atoms in total. The van der Waals surface area contributed by atoms with Gasteiger partial charge in [-0.05, 0) is 70.6 Å². The summed E-state index contributed by atoms with van der Waals surface area (Å²) in [5.74, 6) is -0.332. The molecule has 0 aromatic heterocycles. The van der Waals surface area contributed by atoms with Crippen molar-refractivity contribution in [3.8, 4) is 0 Å². The molecule has 60 heavy (non-hydrogen) atoms. The summed E-state index contributed by atoms with van der Waals surface area (Å²) in [6.45, 7) is 4.08. The lowest BCUT2D eigenvalue weighted by atomic mass is 10.0. The number of hydrogen-bond acceptors (Lipinski definition) is 4. The normalized spacial score (nSPS) is 13.9. The standard InChI is InChI=1S/C55H101NO4/c1-3-5-7-9-11-13-15-16-17-18-19-20-21-22-23-24-25-26-27-28-29-30-31-32-33-34-35-36-37-38-39-40-42-44-46-48-52(58)50-55(60)56-53(51-57)54(59)49-47-45-43-41-14-12-10-8-6-4-2/h6,8,14,23-24,26-27,41,47,49,52-54,57-59H,3-5,7,9-13,15-22,25,28-40,42-46,48,50-51H2,1-2H3,(H,56,60)/b8-6+,24-23-,27-26-,41-14+,49-47+. The van der Waals surface area contributed by atoms with Gasteiger partial charge in [0, 0.05) is 0 Å². The van der Waals surface area contributed by atoms with E-state index < -0.39 is 18.2 Å². The number of allylic oxidation sites excluding steroid dienone is 9. The van der Waals surface area contributed by atoms with E-state index in [-0.39, 0.29) is 18.9 Å². The minimum Gasteiger partial charge on any atom is -0.394 e. The number of aliphatic hydroxyl groups is 3. The summed E-state index contributed by atoms with van der Waals surface area (Å²) in [7, 11) is 0. The average Bonchev–Trinajstić information content (AvgIpc) is 3.24. The second-order valence-electron chi connectivity index (χ2n) is 17.7. The summed E-state index contributed by atoms with van der Waals surface area (Å²) in [6.07, 6.45) is 67.1. The summed E-state index contributed by atoms with van der Waals surface area (Å²) in [4.78, 5) is 12.4.